The molecule has 96 heavy (non-hydrogen) atoms. The second-order valence-corrected chi connectivity index (χ2v) is 24.3. The summed E-state index contributed by atoms with van der Waals surface area (Å²) in [4.78, 5) is 121. The molecule has 0 aromatic heterocycles. The Labute approximate surface area is 557 Å². The van der Waals surface area contributed by atoms with Crippen LogP contribution < -0.4 is 45.6 Å². The second kappa shape index (κ2) is 35.9. The molecule has 0 bridgehead atoms. The van der Waals surface area contributed by atoms with Crippen LogP contribution in [0.3, 0.4) is 0 Å². The van der Waals surface area contributed by atoms with Gasteiger partial charge < -0.3 is 59.3 Å². The number of nitro groups is 1. The summed E-state index contributed by atoms with van der Waals surface area (Å²) in [6.07, 6.45) is 2.18. The van der Waals surface area contributed by atoms with E-state index in [1.807, 2.05) is 24.3 Å². The van der Waals surface area contributed by atoms with Crippen LogP contribution in [0.4, 0.5) is 16.2 Å². The van der Waals surface area contributed by atoms with Gasteiger partial charge in [0.1, 0.15) is 48.9 Å². The lowest BCUT2D eigenvalue weighted by molar-refractivity contribution is -0.386. The molecule has 1 saturated heterocycles. The number of anilines is 1. The summed E-state index contributed by atoms with van der Waals surface area (Å²) in [7, 11) is -3.39. The van der Waals surface area contributed by atoms with Crippen LogP contribution in [0.5, 0.6) is 11.5 Å². The fourth-order valence-electron chi connectivity index (χ4n) is 11.4. The SMILES string of the molecule is CCN(CC)c1ccc2c(-c3ccccc3C(=O)N3CCN(C(=O)CCCCC(=O)NC(CS(=O)(=O)O)C(=O)NCCCCCC(=O)NCCOc4cc([N+](=O)[O-])c(C(C)OC(=O)NCCOCCN5C(=O)C=CC5=O)cc4OC)CC3)c3ccc(=[N+](CC)CC)cc-3oc2c1. The van der Waals surface area contributed by atoms with E-state index in [2.05, 4.69) is 94.8 Å². The van der Waals surface area contributed by atoms with Crippen LogP contribution in [0.2, 0.25) is 0 Å². The molecule has 28 nitrogen and oxygen atoms in total. The molecule has 3 aliphatic heterocycles. The molecule has 0 radical (unpaired) electrons. The van der Waals surface area contributed by atoms with Gasteiger partial charge in [-0.05, 0) is 96.2 Å². The number of ether oxygens (including phenoxy) is 4. The highest BCUT2D eigenvalue weighted by molar-refractivity contribution is 7.85. The molecule has 8 amide bonds. The molecule has 5 N–H and O–H groups in total. The maximum absolute atomic E-state index is 14.6. The van der Waals surface area contributed by atoms with Gasteiger partial charge in [0.25, 0.3) is 33.5 Å². The van der Waals surface area contributed by atoms with Crippen LogP contribution in [0.25, 0.3) is 33.4 Å². The zero-order valence-electron chi connectivity index (χ0n) is 55.2. The van der Waals surface area contributed by atoms with Gasteiger partial charge in [-0.2, -0.15) is 8.42 Å². The summed E-state index contributed by atoms with van der Waals surface area (Å²) in [5, 5.41) is 24.1. The first-order chi connectivity index (χ1) is 46.1. The van der Waals surface area contributed by atoms with Crippen molar-refractivity contribution in [1.29, 1.82) is 0 Å². The summed E-state index contributed by atoms with van der Waals surface area (Å²) in [5.41, 5.74) is 4.39. The van der Waals surface area contributed by atoms with Crippen LogP contribution in [0.1, 0.15) is 108 Å². The van der Waals surface area contributed by atoms with Gasteiger partial charge in [0.2, 0.25) is 29.0 Å². The Morgan fingerprint density at radius 1 is 0.740 bits per heavy atom. The molecular weight excluding hydrogens is 1260 g/mol. The Morgan fingerprint density at radius 3 is 2.10 bits per heavy atom. The quantitative estimate of drug-likeness (QED) is 0.00620. The predicted octanol–water partition coefficient (Wildman–Crippen LogP) is 5.60. The number of carbonyl (C=O) groups excluding carboxylic acids is 8. The number of carbonyl (C=O) groups is 8. The highest BCUT2D eigenvalue weighted by Crippen LogP contribution is 2.43. The highest BCUT2D eigenvalue weighted by atomic mass is 32.2. The first kappa shape index (κ1) is 73.9. The number of hydrogen-bond acceptors (Lipinski definition) is 18. The minimum atomic E-state index is -4.71. The number of methoxy groups -OCH3 is 1. The fourth-order valence-corrected chi connectivity index (χ4v) is 12.1. The number of unbranched alkanes of at least 4 members (excludes halogenated alkanes) is 3. The van der Waals surface area contributed by atoms with Crippen molar-refractivity contribution in [3.63, 3.8) is 0 Å². The van der Waals surface area contributed by atoms with E-state index in [0.29, 0.717) is 68.8 Å². The number of alkyl carbamates (subject to hydrolysis) is 1. The van der Waals surface area contributed by atoms with Gasteiger partial charge in [-0.3, -0.25) is 53.1 Å². The molecule has 2 atom stereocenters. The number of nitrogens with zero attached hydrogens (tertiary/aromatic N) is 6. The van der Waals surface area contributed by atoms with Gasteiger partial charge in [0.15, 0.2) is 11.5 Å². The van der Waals surface area contributed by atoms with Crippen molar-refractivity contribution >= 4 is 79.9 Å². The summed E-state index contributed by atoms with van der Waals surface area (Å²) in [6, 6.07) is 20.8. The van der Waals surface area contributed by atoms with Gasteiger partial charge >= 0.3 is 6.09 Å². The van der Waals surface area contributed by atoms with E-state index in [1.165, 1.54) is 20.1 Å². The lowest BCUT2D eigenvalue weighted by atomic mass is 9.90. The minimum Gasteiger partial charge on any atom is -0.493 e. The smallest absolute Gasteiger partial charge is 0.407 e. The number of fused-ring (bicyclic) bond motifs is 2. The van der Waals surface area contributed by atoms with Crippen molar-refractivity contribution in [1.82, 2.24) is 40.5 Å². The van der Waals surface area contributed by atoms with Crippen LogP contribution in [-0.2, 0) is 48.4 Å². The van der Waals surface area contributed by atoms with E-state index < -0.39 is 68.3 Å². The maximum atomic E-state index is 14.6. The van der Waals surface area contributed by atoms with Crippen LogP contribution in [0, 0.1) is 10.1 Å². The van der Waals surface area contributed by atoms with E-state index in [-0.39, 0.29) is 106 Å². The predicted molar refractivity (Wildman–Crippen MR) is 357 cm³/mol. The molecule has 2 unspecified atom stereocenters. The number of amides is 8. The average molecular weight is 1350 g/mol. The lowest BCUT2D eigenvalue weighted by Gasteiger charge is -2.35. The van der Waals surface area contributed by atoms with Crippen molar-refractivity contribution in [2.24, 2.45) is 0 Å². The lowest BCUT2D eigenvalue weighted by Crippen LogP contribution is -2.50. The monoisotopic (exact) mass is 1350 g/mol. The molecule has 3 aromatic rings. The standard InChI is InChI=1S/C67H86N10O18S/c1-7-72(8-2)46-23-25-50-55(40-46)95-56-41-47(73(9-3)10-4)24-26-51(56)64(50)48-18-13-14-19-49(48)66(84)75-34-32-74(33-35-75)61(80)22-16-15-21-60(79)71-53(44-96(88,89)90)65(83)69-29-17-11-12-20-59(78)68-31-38-93-58-43-54(77(86)87)52(42-57(58)91-6)45(5)94-67(85)70-30-37-92-39-36-76-62(81)27-28-63(76)82/h13-14,18-19,23-28,40-43,45,53H,7-12,15-17,20-22,29-39,44H2,1-6H3,(H4-,68,69,70,71,78,79,83,85,88,89,90)/p+1. The molecule has 0 spiro atoms. The third-order valence-electron chi connectivity index (χ3n) is 16.5. The Hall–Kier alpha value is -9.48. The Morgan fingerprint density at radius 2 is 1.42 bits per heavy atom. The van der Waals surface area contributed by atoms with Crippen molar-refractivity contribution in [2.45, 2.75) is 98.1 Å². The van der Waals surface area contributed by atoms with Gasteiger partial charge in [-0.25, -0.2) is 9.37 Å². The van der Waals surface area contributed by atoms with Crippen molar-refractivity contribution < 1.29 is 79.6 Å². The van der Waals surface area contributed by atoms with Gasteiger partial charge in [-0.15, -0.1) is 0 Å². The summed E-state index contributed by atoms with van der Waals surface area (Å²) < 4.78 is 64.2. The van der Waals surface area contributed by atoms with E-state index in [0.717, 1.165) is 82.4 Å². The second-order valence-electron chi connectivity index (χ2n) is 22.8. The van der Waals surface area contributed by atoms with E-state index >= 15 is 0 Å². The molecule has 3 aromatic carbocycles. The maximum Gasteiger partial charge on any atom is 0.407 e. The highest BCUT2D eigenvalue weighted by Gasteiger charge is 2.31. The zero-order chi connectivity index (χ0) is 69.5. The largest absolute Gasteiger partial charge is 0.493 e. The molecule has 3 heterocycles. The van der Waals surface area contributed by atoms with Crippen molar-refractivity contribution in [3.8, 4) is 33.9 Å². The Bertz CT molecular complexity index is 3780. The fraction of sp³-hybridized carbons (Fsp3) is 0.478. The van der Waals surface area contributed by atoms with Crippen LogP contribution >= 0.6 is 0 Å². The third-order valence-corrected chi connectivity index (χ3v) is 17.3. The number of nitro benzene ring substituents is 1. The first-order valence-electron chi connectivity index (χ1n) is 32.4. The number of hydrogen-bond donors (Lipinski definition) is 5. The van der Waals surface area contributed by atoms with E-state index in [4.69, 9.17) is 23.4 Å². The Kier molecular flexibility index (Phi) is 27.6. The number of piperazine rings is 1. The first-order valence-corrected chi connectivity index (χ1v) is 34.0. The molecule has 1 aliphatic carbocycles. The van der Waals surface area contributed by atoms with Crippen LogP contribution in [-0.4, -0.2) is 197 Å². The van der Waals surface area contributed by atoms with Gasteiger partial charge in [0.05, 0.1) is 56.0 Å². The van der Waals surface area contributed by atoms with Gasteiger partial charge in [0, 0.05) is 124 Å². The van der Waals surface area contributed by atoms with Gasteiger partial charge in [-0.1, -0.05) is 24.6 Å². The molecular formula is C67H87N10O18S+. The summed E-state index contributed by atoms with van der Waals surface area (Å²) >= 11 is 0. The van der Waals surface area contributed by atoms with Crippen LogP contribution in [0.15, 0.2) is 89.4 Å². The average Bonchev–Trinajstić information content (AvgIpc) is 0.779. The number of nitrogens with one attached hydrogen (secondary N) is 4. The normalized spacial score (nSPS) is 13.7. The van der Waals surface area contributed by atoms with Crippen molar-refractivity contribution in [2.75, 3.05) is 116 Å². The summed E-state index contributed by atoms with van der Waals surface area (Å²) in [6.45, 7) is 14.5. The molecule has 1 fully saturated rings. The number of rotatable bonds is 36. The molecule has 7 rings (SSSR count). The molecule has 0 saturated carbocycles. The molecule has 29 heteroatoms. The molecule has 518 valence electrons. The summed E-state index contributed by atoms with van der Waals surface area (Å²) in [5.74, 6) is -3.30. The van der Waals surface area contributed by atoms with Crippen molar-refractivity contribution in [3.05, 3.63) is 112 Å². The number of benzene rings is 4. The minimum absolute atomic E-state index is 0.00199. The van der Waals surface area contributed by atoms with E-state index in [9.17, 15) is 61.4 Å². The zero-order valence-corrected chi connectivity index (χ0v) is 56.0. The number of imide groups is 1. The van der Waals surface area contributed by atoms with E-state index in [1.54, 1.807) is 9.80 Å². The molecule has 4 aliphatic rings. The third kappa shape index (κ3) is 20.5. The Balaban J connectivity index is 0.794. The topological polar surface area (TPSA) is 348 Å².